The number of amides is 1. The Morgan fingerprint density at radius 1 is 1.50 bits per heavy atom. The zero-order valence-electron chi connectivity index (χ0n) is 10.6. The molecule has 0 aliphatic heterocycles. The van der Waals surface area contributed by atoms with Gasteiger partial charge in [0.25, 0.3) is 0 Å². The lowest BCUT2D eigenvalue weighted by atomic mass is 10.0. The van der Waals surface area contributed by atoms with Crippen LogP contribution in [0.3, 0.4) is 0 Å². The molecule has 0 aromatic carbocycles. The Morgan fingerprint density at radius 3 is 2.50 bits per heavy atom. The van der Waals surface area contributed by atoms with Gasteiger partial charge in [0, 0.05) is 12.6 Å². The third-order valence-corrected chi connectivity index (χ3v) is 3.51. The van der Waals surface area contributed by atoms with Gasteiger partial charge in [-0.25, -0.2) is 0 Å². The van der Waals surface area contributed by atoms with Crippen molar-refractivity contribution >= 4 is 5.91 Å². The van der Waals surface area contributed by atoms with Gasteiger partial charge in [0.1, 0.15) is 5.41 Å². The van der Waals surface area contributed by atoms with E-state index in [9.17, 15) is 4.79 Å². The molecule has 1 unspecified atom stereocenters. The summed E-state index contributed by atoms with van der Waals surface area (Å²) in [7, 11) is 0. The number of carbonyl (C=O) groups is 1. The van der Waals surface area contributed by atoms with Crippen LogP contribution in [0.5, 0.6) is 0 Å². The summed E-state index contributed by atoms with van der Waals surface area (Å²) in [6.07, 6.45) is 4.57. The van der Waals surface area contributed by atoms with Crippen molar-refractivity contribution in [3.8, 4) is 6.07 Å². The van der Waals surface area contributed by atoms with Crippen molar-refractivity contribution in [2.75, 3.05) is 6.54 Å². The molecule has 1 aliphatic carbocycles. The molecule has 1 rings (SSSR count). The lowest BCUT2D eigenvalue weighted by molar-refractivity contribution is -0.137. The van der Waals surface area contributed by atoms with Gasteiger partial charge >= 0.3 is 0 Å². The van der Waals surface area contributed by atoms with Crippen LogP contribution in [0.2, 0.25) is 0 Å². The van der Waals surface area contributed by atoms with Crippen molar-refractivity contribution in [1.29, 1.82) is 5.26 Å². The summed E-state index contributed by atoms with van der Waals surface area (Å²) in [4.78, 5) is 14.2. The highest BCUT2D eigenvalue weighted by molar-refractivity contribution is 5.88. The van der Waals surface area contributed by atoms with Crippen LogP contribution in [0.15, 0.2) is 0 Å². The average molecular weight is 222 g/mol. The van der Waals surface area contributed by atoms with Gasteiger partial charge in [-0.15, -0.1) is 0 Å². The Balaban J connectivity index is 2.69. The molecule has 1 fully saturated rings. The Labute approximate surface area is 98.4 Å². The fraction of sp³-hybridized carbons (Fsp3) is 0.846. The van der Waals surface area contributed by atoms with E-state index in [1.807, 2.05) is 4.90 Å². The highest BCUT2D eigenvalue weighted by Gasteiger charge is 2.52. The van der Waals surface area contributed by atoms with E-state index >= 15 is 0 Å². The predicted molar refractivity (Wildman–Crippen MR) is 63.7 cm³/mol. The SMILES string of the molecule is CCCCN(C(=O)C1(C#N)CC1)C(C)CC. The van der Waals surface area contributed by atoms with Crippen LogP contribution >= 0.6 is 0 Å². The van der Waals surface area contributed by atoms with E-state index in [-0.39, 0.29) is 11.9 Å². The van der Waals surface area contributed by atoms with Crippen molar-refractivity contribution in [3.05, 3.63) is 0 Å². The number of hydrogen-bond donors (Lipinski definition) is 0. The van der Waals surface area contributed by atoms with Crippen LogP contribution in [-0.4, -0.2) is 23.4 Å². The number of nitriles is 1. The smallest absolute Gasteiger partial charge is 0.243 e. The Bertz CT molecular complexity index is 289. The van der Waals surface area contributed by atoms with Crippen molar-refractivity contribution in [1.82, 2.24) is 4.90 Å². The highest BCUT2D eigenvalue weighted by Crippen LogP contribution is 2.46. The molecular formula is C13H22N2O. The fourth-order valence-corrected chi connectivity index (χ4v) is 1.84. The number of carbonyl (C=O) groups excluding carboxylic acids is 1. The van der Waals surface area contributed by atoms with E-state index < -0.39 is 5.41 Å². The normalized spacial score (nSPS) is 18.6. The van der Waals surface area contributed by atoms with Crippen LogP contribution in [0.1, 0.15) is 52.9 Å². The van der Waals surface area contributed by atoms with Gasteiger partial charge in [-0.2, -0.15) is 5.26 Å². The standard InChI is InChI=1S/C13H22N2O/c1-4-6-9-15(11(3)5-2)12(16)13(10-14)7-8-13/h11H,4-9H2,1-3H3. The number of unbranched alkanes of at least 4 members (excludes halogenated alkanes) is 1. The molecule has 1 saturated carbocycles. The minimum Gasteiger partial charge on any atom is -0.339 e. The minimum atomic E-state index is -0.656. The lowest BCUT2D eigenvalue weighted by Gasteiger charge is -2.30. The maximum absolute atomic E-state index is 12.3. The van der Waals surface area contributed by atoms with E-state index in [0.29, 0.717) is 0 Å². The zero-order chi connectivity index (χ0) is 12.2. The van der Waals surface area contributed by atoms with Gasteiger partial charge in [-0.05, 0) is 32.6 Å². The van der Waals surface area contributed by atoms with Crippen LogP contribution in [0.4, 0.5) is 0 Å². The lowest BCUT2D eigenvalue weighted by Crippen LogP contribution is -2.43. The molecule has 16 heavy (non-hydrogen) atoms. The van der Waals surface area contributed by atoms with Gasteiger partial charge < -0.3 is 4.90 Å². The fourth-order valence-electron chi connectivity index (χ4n) is 1.84. The van der Waals surface area contributed by atoms with Crippen molar-refractivity contribution < 1.29 is 4.79 Å². The van der Waals surface area contributed by atoms with Crippen molar-refractivity contribution in [2.45, 2.75) is 58.9 Å². The quantitative estimate of drug-likeness (QED) is 0.693. The maximum Gasteiger partial charge on any atom is 0.243 e. The van der Waals surface area contributed by atoms with E-state index in [0.717, 1.165) is 38.6 Å². The largest absolute Gasteiger partial charge is 0.339 e. The van der Waals surface area contributed by atoms with Crippen LogP contribution in [0, 0.1) is 16.7 Å². The van der Waals surface area contributed by atoms with E-state index in [2.05, 4.69) is 26.8 Å². The van der Waals surface area contributed by atoms with Gasteiger partial charge in [-0.1, -0.05) is 20.3 Å². The molecule has 0 saturated heterocycles. The summed E-state index contributed by atoms with van der Waals surface area (Å²) in [6, 6.07) is 2.45. The second kappa shape index (κ2) is 5.34. The molecule has 90 valence electrons. The molecule has 0 aromatic heterocycles. The topological polar surface area (TPSA) is 44.1 Å². The predicted octanol–water partition coefficient (Wildman–Crippen LogP) is 2.72. The molecule has 1 aliphatic rings. The molecule has 0 spiro atoms. The summed E-state index contributed by atoms with van der Waals surface area (Å²) in [5, 5.41) is 9.06. The molecular weight excluding hydrogens is 200 g/mol. The molecule has 1 atom stereocenters. The zero-order valence-corrected chi connectivity index (χ0v) is 10.6. The van der Waals surface area contributed by atoms with Crippen LogP contribution < -0.4 is 0 Å². The van der Waals surface area contributed by atoms with E-state index in [1.165, 1.54) is 0 Å². The summed E-state index contributed by atoms with van der Waals surface area (Å²) < 4.78 is 0. The Hall–Kier alpha value is -1.04. The number of nitrogens with zero attached hydrogens (tertiary/aromatic N) is 2. The highest BCUT2D eigenvalue weighted by atomic mass is 16.2. The summed E-state index contributed by atoms with van der Waals surface area (Å²) in [5.74, 6) is 0.0674. The molecule has 0 bridgehead atoms. The third-order valence-electron chi connectivity index (χ3n) is 3.51. The summed E-state index contributed by atoms with van der Waals surface area (Å²) >= 11 is 0. The summed E-state index contributed by atoms with van der Waals surface area (Å²) in [5.41, 5.74) is -0.656. The van der Waals surface area contributed by atoms with E-state index in [4.69, 9.17) is 5.26 Å². The first-order valence-electron chi connectivity index (χ1n) is 6.33. The van der Waals surface area contributed by atoms with Crippen LogP contribution in [-0.2, 0) is 4.79 Å². The van der Waals surface area contributed by atoms with Gasteiger partial charge in [0.05, 0.1) is 6.07 Å². The van der Waals surface area contributed by atoms with Gasteiger partial charge in [-0.3, -0.25) is 4.79 Å². The maximum atomic E-state index is 12.3. The first-order valence-corrected chi connectivity index (χ1v) is 6.33. The van der Waals surface area contributed by atoms with Gasteiger partial charge in [0.15, 0.2) is 0 Å². The second-order valence-electron chi connectivity index (χ2n) is 4.80. The Kier molecular flexibility index (Phi) is 4.35. The van der Waals surface area contributed by atoms with Crippen molar-refractivity contribution in [3.63, 3.8) is 0 Å². The first kappa shape index (κ1) is 13.0. The van der Waals surface area contributed by atoms with Crippen LogP contribution in [0.25, 0.3) is 0 Å². The van der Waals surface area contributed by atoms with Crippen molar-refractivity contribution in [2.24, 2.45) is 5.41 Å². The number of rotatable bonds is 6. The first-order chi connectivity index (χ1) is 7.61. The molecule has 1 amide bonds. The van der Waals surface area contributed by atoms with Gasteiger partial charge in [0.2, 0.25) is 5.91 Å². The Morgan fingerprint density at radius 2 is 2.12 bits per heavy atom. The molecule has 0 heterocycles. The monoisotopic (exact) mass is 222 g/mol. The summed E-state index contributed by atoms with van der Waals surface area (Å²) in [6.45, 7) is 7.08. The average Bonchev–Trinajstić information content (AvgIpc) is 3.09. The number of hydrogen-bond acceptors (Lipinski definition) is 2. The third kappa shape index (κ3) is 2.55. The molecule has 3 nitrogen and oxygen atoms in total. The minimum absolute atomic E-state index is 0.0674. The molecule has 0 radical (unpaired) electrons. The van der Waals surface area contributed by atoms with E-state index in [1.54, 1.807) is 0 Å². The molecule has 0 aromatic rings. The second-order valence-corrected chi connectivity index (χ2v) is 4.80. The molecule has 0 N–H and O–H groups in total. The molecule has 3 heteroatoms.